The van der Waals surface area contributed by atoms with Gasteiger partial charge in [0.1, 0.15) is 0 Å². The molecule has 1 unspecified atom stereocenters. The molecule has 0 aliphatic heterocycles. The molecule has 0 bridgehead atoms. The van der Waals surface area contributed by atoms with Crippen molar-refractivity contribution in [2.75, 3.05) is 33.0 Å². The molecule has 0 N–H and O–H groups in total. The zero-order valence-corrected chi connectivity index (χ0v) is 27.6. The summed E-state index contributed by atoms with van der Waals surface area (Å²) in [7, 11) is 0. The largest absolute Gasteiger partial charge is 0.490 e. The third-order valence-corrected chi connectivity index (χ3v) is 6.27. The SMILES string of the molecule is C=C(C)C(=O)Oc1ccc(CC(C)c2cc(OCC)c(OC(=O)C(=C)C)c(OCC)c2OCC)c(OCCC)c1OCCC. The van der Waals surface area contributed by atoms with E-state index in [9.17, 15) is 9.59 Å². The Hall–Kier alpha value is -4.14. The Morgan fingerprint density at radius 1 is 0.659 bits per heavy atom. The van der Waals surface area contributed by atoms with Crippen LogP contribution < -0.4 is 33.2 Å². The van der Waals surface area contributed by atoms with Gasteiger partial charge in [0.15, 0.2) is 23.0 Å². The van der Waals surface area contributed by atoms with Gasteiger partial charge in [-0.25, -0.2) is 9.59 Å². The lowest BCUT2D eigenvalue weighted by Gasteiger charge is -2.25. The summed E-state index contributed by atoms with van der Waals surface area (Å²) in [6.07, 6.45) is 2.02. The van der Waals surface area contributed by atoms with Gasteiger partial charge in [0, 0.05) is 16.7 Å². The minimum absolute atomic E-state index is 0.145. The van der Waals surface area contributed by atoms with E-state index in [0.717, 1.165) is 24.0 Å². The van der Waals surface area contributed by atoms with Crippen molar-refractivity contribution in [2.45, 2.75) is 80.6 Å². The normalized spacial score (nSPS) is 11.3. The highest BCUT2D eigenvalue weighted by atomic mass is 16.6. The highest BCUT2D eigenvalue weighted by Crippen LogP contribution is 2.51. The Morgan fingerprint density at radius 3 is 1.75 bits per heavy atom. The lowest BCUT2D eigenvalue weighted by atomic mass is 9.91. The van der Waals surface area contributed by atoms with Crippen LogP contribution in [-0.2, 0) is 16.0 Å². The molecule has 0 aromatic heterocycles. The maximum absolute atomic E-state index is 12.6. The maximum Gasteiger partial charge on any atom is 0.338 e. The van der Waals surface area contributed by atoms with E-state index in [4.69, 9.17) is 33.2 Å². The van der Waals surface area contributed by atoms with Crippen molar-refractivity contribution in [3.8, 4) is 40.2 Å². The molecule has 9 nitrogen and oxygen atoms in total. The highest BCUT2D eigenvalue weighted by molar-refractivity contribution is 5.90. The van der Waals surface area contributed by atoms with Crippen LogP contribution >= 0.6 is 0 Å². The number of carbonyl (C=O) groups excluding carboxylic acids is 2. The minimum atomic E-state index is -0.597. The summed E-state index contributed by atoms with van der Waals surface area (Å²) in [6.45, 7) is 24.0. The predicted molar refractivity (Wildman–Crippen MR) is 171 cm³/mol. The summed E-state index contributed by atoms with van der Waals surface area (Å²) in [5.74, 6) is 1.09. The number of benzene rings is 2. The van der Waals surface area contributed by atoms with Crippen LogP contribution in [0.5, 0.6) is 40.2 Å². The van der Waals surface area contributed by atoms with E-state index >= 15 is 0 Å². The van der Waals surface area contributed by atoms with Crippen LogP contribution in [0.25, 0.3) is 0 Å². The summed E-state index contributed by atoms with van der Waals surface area (Å²) < 4.78 is 41.8. The molecule has 242 valence electrons. The lowest BCUT2D eigenvalue weighted by Crippen LogP contribution is -2.14. The number of hydrogen-bond acceptors (Lipinski definition) is 9. The zero-order chi connectivity index (χ0) is 32.8. The average molecular weight is 613 g/mol. The molecule has 0 radical (unpaired) electrons. The summed E-state index contributed by atoms with van der Waals surface area (Å²) in [5.41, 5.74) is 2.16. The second-order valence-electron chi connectivity index (χ2n) is 10.3. The van der Waals surface area contributed by atoms with Crippen LogP contribution in [-0.4, -0.2) is 45.0 Å². The highest BCUT2D eigenvalue weighted by Gasteiger charge is 2.29. The molecule has 1 atom stereocenters. The van der Waals surface area contributed by atoms with Crippen molar-refractivity contribution in [1.29, 1.82) is 0 Å². The first-order valence-electron chi connectivity index (χ1n) is 15.3. The molecule has 0 heterocycles. The van der Waals surface area contributed by atoms with Gasteiger partial charge in [-0.15, -0.1) is 0 Å². The quantitative estimate of drug-likeness (QED) is 0.0895. The first-order valence-corrected chi connectivity index (χ1v) is 15.3. The van der Waals surface area contributed by atoms with Gasteiger partial charge in [0.05, 0.1) is 33.0 Å². The van der Waals surface area contributed by atoms with Crippen molar-refractivity contribution in [3.63, 3.8) is 0 Å². The maximum atomic E-state index is 12.6. The monoisotopic (exact) mass is 612 g/mol. The standard InChI is InChI=1S/C35H48O9/c1-11-18-41-29-25(16-17-27(31(29)42-19-12-2)43-34(36)22(6)7)20-24(10)26-21-28(38-13-3)32(44-35(37)23(8)9)33(40-15-5)30(26)39-14-4/h16-17,21,24H,6,8,11-15,18-20H2,1-5,7,9-10H3. The predicted octanol–water partition coefficient (Wildman–Crippen LogP) is 7.77. The van der Waals surface area contributed by atoms with Gasteiger partial charge in [-0.05, 0) is 77.5 Å². The van der Waals surface area contributed by atoms with Gasteiger partial charge in [0.25, 0.3) is 0 Å². The molecule has 44 heavy (non-hydrogen) atoms. The molecule has 9 heteroatoms. The topological polar surface area (TPSA) is 98.8 Å². The van der Waals surface area contributed by atoms with E-state index < -0.39 is 11.9 Å². The molecular formula is C35H48O9. The summed E-state index contributed by atoms with van der Waals surface area (Å²) in [6, 6.07) is 5.41. The smallest absolute Gasteiger partial charge is 0.338 e. The molecule has 2 rings (SSSR count). The van der Waals surface area contributed by atoms with E-state index in [1.54, 1.807) is 19.9 Å². The zero-order valence-electron chi connectivity index (χ0n) is 27.6. The molecule has 0 saturated heterocycles. The van der Waals surface area contributed by atoms with Crippen LogP contribution in [0, 0.1) is 0 Å². The van der Waals surface area contributed by atoms with Gasteiger partial charge in [-0.3, -0.25) is 0 Å². The number of carbonyl (C=O) groups is 2. The van der Waals surface area contributed by atoms with Crippen LogP contribution in [0.15, 0.2) is 42.5 Å². The van der Waals surface area contributed by atoms with Crippen LogP contribution in [0.2, 0.25) is 0 Å². The number of hydrogen-bond donors (Lipinski definition) is 0. The molecular weight excluding hydrogens is 564 g/mol. The van der Waals surface area contributed by atoms with E-state index in [1.807, 2.05) is 53.7 Å². The van der Waals surface area contributed by atoms with E-state index in [-0.39, 0.29) is 34.3 Å². The van der Waals surface area contributed by atoms with E-state index in [1.165, 1.54) is 0 Å². The van der Waals surface area contributed by atoms with Crippen molar-refractivity contribution >= 4 is 11.9 Å². The second kappa shape index (κ2) is 17.9. The fourth-order valence-corrected chi connectivity index (χ4v) is 4.25. The molecule has 0 amide bonds. The van der Waals surface area contributed by atoms with Crippen LogP contribution in [0.1, 0.15) is 85.3 Å². The summed E-state index contributed by atoms with van der Waals surface area (Å²) in [5, 5.41) is 0. The molecule has 0 fully saturated rings. The minimum Gasteiger partial charge on any atom is -0.490 e. The van der Waals surface area contributed by atoms with Gasteiger partial charge < -0.3 is 33.2 Å². The molecule has 0 aliphatic rings. The first kappa shape index (κ1) is 36.1. The van der Waals surface area contributed by atoms with E-state index in [0.29, 0.717) is 62.5 Å². The molecule has 0 spiro atoms. The second-order valence-corrected chi connectivity index (χ2v) is 10.3. The van der Waals surface area contributed by atoms with Crippen LogP contribution in [0.4, 0.5) is 0 Å². The fourth-order valence-electron chi connectivity index (χ4n) is 4.25. The van der Waals surface area contributed by atoms with Crippen LogP contribution in [0.3, 0.4) is 0 Å². The average Bonchev–Trinajstić information content (AvgIpc) is 2.98. The van der Waals surface area contributed by atoms with Crippen molar-refractivity contribution in [1.82, 2.24) is 0 Å². The third kappa shape index (κ3) is 9.43. The summed E-state index contributed by atoms with van der Waals surface area (Å²) >= 11 is 0. The van der Waals surface area contributed by atoms with Gasteiger partial charge in [0.2, 0.25) is 17.2 Å². The number of rotatable bonds is 19. The Kier molecular flexibility index (Phi) is 14.6. The van der Waals surface area contributed by atoms with Gasteiger partial charge in [-0.1, -0.05) is 40.0 Å². The molecule has 2 aromatic carbocycles. The Morgan fingerprint density at radius 2 is 1.20 bits per heavy atom. The third-order valence-electron chi connectivity index (χ3n) is 6.27. The number of esters is 2. The number of ether oxygens (including phenoxy) is 7. The van der Waals surface area contributed by atoms with Crippen molar-refractivity contribution < 1.29 is 42.7 Å². The molecule has 0 aliphatic carbocycles. The molecule has 2 aromatic rings. The van der Waals surface area contributed by atoms with Crippen molar-refractivity contribution in [2.24, 2.45) is 0 Å². The summed E-state index contributed by atoms with van der Waals surface area (Å²) in [4.78, 5) is 25.0. The van der Waals surface area contributed by atoms with Crippen molar-refractivity contribution in [3.05, 3.63) is 53.6 Å². The van der Waals surface area contributed by atoms with Gasteiger partial charge in [-0.2, -0.15) is 0 Å². The Labute approximate surface area is 262 Å². The lowest BCUT2D eigenvalue weighted by molar-refractivity contribution is -0.131. The van der Waals surface area contributed by atoms with E-state index in [2.05, 4.69) is 13.2 Å². The Bertz CT molecular complexity index is 1310. The first-order chi connectivity index (χ1) is 21.0. The fraction of sp³-hybridized carbons (Fsp3) is 0.486. The van der Waals surface area contributed by atoms with Gasteiger partial charge >= 0.3 is 11.9 Å². The Balaban J connectivity index is 2.74. The molecule has 0 saturated carbocycles.